The molecule has 0 aromatic carbocycles. The minimum Gasteiger partial charge on any atom is -0.550 e. The molecule has 0 bridgehead atoms. The molecular formula is C6H12LaNO10. The largest absolute Gasteiger partial charge is 3.00 e. The molecule has 0 saturated carbocycles. The Hall–Kier alpha value is -1.24. The van der Waals surface area contributed by atoms with Gasteiger partial charge in [-0.1, -0.05) is 0 Å². The number of carbonyl (C=O) groups is 3. The molecule has 0 aliphatic carbocycles. The van der Waals surface area contributed by atoms with Crippen LogP contribution in [0.2, 0.25) is 0 Å². The molecule has 0 aromatic heterocycles. The first-order chi connectivity index (χ1) is 6.93. The molecule has 0 saturated heterocycles. The molecule has 0 spiro atoms. The van der Waals surface area contributed by atoms with E-state index in [0.717, 1.165) is 20.8 Å². The Bertz CT molecular complexity index is 166. The molecule has 0 aliphatic heterocycles. The van der Waals surface area contributed by atoms with Crippen LogP contribution in [0.4, 0.5) is 0 Å². The first-order valence-electron chi connectivity index (χ1n) is 3.29. The first kappa shape index (κ1) is 36.0. The molecule has 0 fully saturated rings. The summed E-state index contributed by atoms with van der Waals surface area (Å²) in [6, 6.07) is 0. The molecule has 11 nitrogen and oxygen atoms in total. The third-order valence-electron chi connectivity index (χ3n) is 0. The number of nitrogens with zero attached hydrogens (tertiary/aromatic N) is 1. The van der Waals surface area contributed by atoms with E-state index in [-0.39, 0.29) is 41.1 Å². The summed E-state index contributed by atoms with van der Waals surface area (Å²) >= 11 is 0. The number of carboxylic acid groups (broad SMARTS) is 3. The molecule has 0 rings (SSSR count). The van der Waals surface area contributed by atoms with Crippen molar-refractivity contribution < 1.29 is 81.1 Å². The Morgan fingerprint density at radius 3 is 0.889 bits per heavy atom. The van der Waals surface area contributed by atoms with Gasteiger partial charge in [0.2, 0.25) is 0 Å². The summed E-state index contributed by atoms with van der Waals surface area (Å²) in [4.78, 5) is 35.0. The van der Waals surface area contributed by atoms with Crippen molar-refractivity contribution >= 4 is 17.9 Å². The third kappa shape index (κ3) is 1830. The number of carbonyl (C=O) groups excluding carboxylic acids is 3. The Morgan fingerprint density at radius 2 is 0.889 bits per heavy atom. The van der Waals surface area contributed by atoms with Crippen molar-refractivity contribution in [3.05, 3.63) is 10.1 Å². The standard InChI is InChI=1S/3C2H4O2.La.HNO3.H2O/c3*1-2(3)4;;2-1(3)4;/h3*1H3,(H,3,4);;(H,2,3,4);1H2/q;;;+3;;/p-3. The fourth-order valence-corrected chi connectivity index (χ4v) is 0. The molecular weight excluding hydrogens is 385 g/mol. The maximum absolute atomic E-state index is 8.89. The van der Waals surface area contributed by atoms with E-state index >= 15 is 0 Å². The van der Waals surface area contributed by atoms with Crippen molar-refractivity contribution in [1.29, 1.82) is 0 Å². The van der Waals surface area contributed by atoms with Crippen LogP contribution in [0.25, 0.3) is 0 Å². The molecule has 0 amide bonds. The van der Waals surface area contributed by atoms with Gasteiger partial charge in [0.1, 0.15) is 0 Å². The Labute approximate surface area is 129 Å². The molecule has 0 aliphatic rings. The summed E-state index contributed by atoms with van der Waals surface area (Å²) in [5.74, 6) is -3.25. The average molecular weight is 397 g/mol. The second-order valence-electron chi connectivity index (χ2n) is 1.71. The van der Waals surface area contributed by atoms with Crippen LogP contribution in [0.5, 0.6) is 0 Å². The van der Waals surface area contributed by atoms with Crippen LogP contribution in [-0.4, -0.2) is 33.7 Å². The van der Waals surface area contributed by atoms with Crippen molar-refractivity contribution in [2.45, 2.75) is 20.8 Å². The van der Waals surface area contributed by atoms with Gasteiger partial charge in [0.15, 0.2) is 0 Å². The predicted molar refractivity (Wildman–Crippen MR) is 44.4 cm³/mol. The molecule has 3 N–H and O–H groups in total. The maximum Gasteiger partial charge on any atom is 3.00 e. The quantitative estimate of drug-likeness (QED) is 0.306. The molecule has 0 radical (unpaired) electrons. The second kappa shape index (κ2) is 29.7. The molecule has 0 heterocycles. The van der Waals surface area contributed by atoms with Crippen molar-refractivity contribution in [3.8, 4) is 0 Å². The van der Waals surface area contributed by atoms with Crippen molar-refractivity contribution in [2.75, 3.05) is 0 Å². The van der Waals surface area contributed by atoms with Crippen molar-refractivity contribution in [2.24, 2.45) is 0 Å². The fraction of sp³-hybridized carbons (Fsp3) is 0.500. The zero-order chi connectivity index (χ0) is 14.3. The van der Waals surface area contributed by atoms with Gasteiger partial charge in [-0.2, -0.15) is 0 Å². The van der Waals surface area contributed by atoms with Crippen LogP contribution in [0.1, 0.15) is 20.8 Å². The van der Waals surface area contributed by atoms with E-state index in [2.05, 4.69) is 0 Å². The molecule has 0 atom stereocenters. The minimum absolute atomic E-state index is 0. The van der Waals surface area contributed by atoms with Crippen LogP contribution in [0.15, 0.2) is 0 Å². The number of aliphatic carboxylic acids is 3. The number of carboxylic acids is 3. The van der Waals surface area contributed by atoms with Crippen LogP contribution in [-0.2, 0) is 14.4 Å². The Kier molecular flexibility index (Phi) is 59.2. The van der Waals surface area contributed by atoms with Crippen LogP contribution in [0.3, 0.4) is 0 Å². The average Bonchev–Trinajstić information content (AvgIpc) is 1.76. The smallest absolute Gasteiger partial charge is 0.550 e. The summed E-state index contributed by atoms with van der Waals surface area (Å²) in [5, 5.41) is 40.3. The fourth-order valence-electron chi connectivity index (χ4n) is 0. The van der Waals surface area contributed by atoms with Crippen molar-refractivity contribution in [3.63, 3.8) is 0 Å². The van der Waals surface area contributed by atoms with E-state index in [4.69, 9.17) is 45.0 Å². The van der Waals surface area contributed by atoms with E-state index < -0.39 is 23.0 Å². The monoisotopic (exact) mass is 397 g/mol. The molecule has 12 heteroatoms. The van der Waals surface area contributed by atoms with Gasteiger partial charge in [-0.15, -0.1) is 10.1 Å². The third-order valence-corrected chi connectivity index (χ3v) is 0. The van der Waals surface area contributed by atoms with E-state index in [1.807, 2.05) is 0 Å². The topological polar surface area (TPSA) is 215 Å². The minimum atomic E-state index is -1.50. The molecule has 0 aromatic rings. The van der Waals surface area contributed by atoms with Gasteiger partial charge in [0.25, 0.3) is 5.09 Å². The van der Waals surface area contributed by atoms with Crippen LogP contribution < -0.4 is 15.3 Å². The van der Waals surface area contributed by atoms with Gasteiger partial charge < -0.3 is 40.4 Å². The van der Waals surface area contributed by atoms with E-state index in [1.54, 1.807) is 0 Å². The first-order valence-corrected chi connectivity index (χ1v) is 3.29. The van der Waals surface area contributed by atoms with Gasteiger partial charge in [-0.3, -0.25) is 0 Å². The Morgan fingerprint density at radius 1 is 0.889 bits per heavy atom. The molecule has 104 valence electrons. The molecule has 18 heavy (non-hydrogen) atoms. The van der Waals surface area contributed by atoms with Gasteiger partial charge in [0, 0.05) is 17.9 Å². The number of rotatable bonds is 0. The van der Waals surface area contributed by atoms with E-state index in [0.29, 0.717) is 0 Å². The number of hydrogen-bond acceptors (Lipinski definition) is 8. The SMILES string of the molecule is CC(=O)[O-].CC(=O)[O-].CC(=O)[O-].O.O=[N+]([O-])O.[La+3]. The van der Waals surface area contributed by atoms with E-state index in [1.165, 1.54) is 0 Å². The summed E-state index contributed by atoms with van der Waals surface area (Å²) in [5.41, 5.74) is 0. The van der Waals surface area contributed by atoms with Gasteiger partial charge in [0.05, 0.1) is 0 Å². The summed E-state index contributed by atoms with van der Waals surface area (Å²) in [7, 11) is 0. The molecule has 0 unspecified atom stereocenters. The van der Waals surface area contributed by atoms with Crippen molar-refractivity contribution in [1.82, 2.24) is 0 Å². The zero-order valence-electron chi connectivity index (χ0n) is 9.74. The Balaban J connectivity index is -0.0000000257. The second-order valence-corrected chi connectivity index (χ2v) is 1.71. The van der Waals surface area contributed by atoms with Gasteiger partial charge >= 0.3 is 35.6 Å². The van der Waals surface area contributed by atoms with Gasteiger partial charge in [-0.25, -0.2) is 0 Å². The summed E-state index contributed by atoms with van der Waals surface area (Å²) in [6.45, 7) is 2.92. The predicted octanol–water partition coefficient (Wildman–Crippen LogP) is -4.90. The summed E-state index contributed by atoms with van der Waals surface area (Å²) < 4.78 is 0. The van der Waals surface area contributed by atoms with E-state index in [9.17, 15) is 0 Å². The normalized spacial score (nSPS) is 5.50. The summed E-state index contributed by atoms with van der Waals surface area (Å²) in [6.07, 6.45) is 0. The zero-order valence-corrected chi connectivity index (χ0v) is 13.4. The maximum atomic E-state index is 8.89. The van der Waals surface area contributed by atoms with Crippen LogP contribution in [0, 0.1) is 45.7 Å². The van der Waals surface area contributed by atoms with Crippen LogP contribution >= 0.6 is 0 Å². The van der Waals surface area contributed by atoms with Gasteiger partial charge in [-0.05, 0) is 20.8 Å². The number of hydrogen-bond donors (Lipinski definition) is 1.